The first-order chi connectivity index (χ1) is 14.4. The number of carbonyl (C=O) groups excluding carboxylic acids is 1. The molecule has 0 atom stereocenters. The second-order valence-electron chi connectivity index (χ2n) is 7.36. The van der Waals surface area contributed by atoms with Crippen molar-refractivity contribution in [2.75, 3.05) is 35.1 Å². The number of ether oxygens (including phenoxy) is 1. The van der Waals surface area contributed by atoms with E-state index in [0.29, 0.717) is 29.2 Å². The maximum Gasteiger partial charge on any atom is 0.264 e. The minimum absolute atomic E-state index is 0.130. The first kappa shape index (κ1) is 22.0. The number of amides is 1. The number of carbonyl (C=O) groups is 1. The summed E-state index contributed by atoms with van der Waals surface area (Å²) in [4.78, 5) is 14.3. The van der Waals surface area contributed by atoms with Crippen molar-refractivity contribution in [3.63, 3.8) is 0 Å². The van der Waals surface area contributed by atoms with Crippen molar-refractivity contribution >= 4 is 33.0 Å². The molecule has 162 valence electrons. The molecule has 0 spiro atoms. The summed E-state index contributed by atoms with van der Waals surface area (Å²) >= 11 is 0. The molecule has 3 rings (SSSR count). The fourth-order valence-corrected chi connectivity index (χ4v) is 4.83. The van der Waals surface area contributed by atoms with Crippen molar-refractivity contribution in [2.45, 2.75) is 43.9 Å². The van der Waals surface area contributed by atoms with Crippen molar-refractivity contribution < 1.29 is 17.9 Å². The van der Waals surface area contributed by atoms with Crippen molar-refractivity contribution in [1.82, 2.24) is 0 Å². The van der Waals surface area contributed by atoms with Crippen LogP contribution >= 0.6 is 0 Å². The van der Waals surface area contributed by atoms with Gasteiger partial charge in [-0.2, -0.15) is 0 Å². The zero-order valence-electron chi connectivity index (χ0n) is 17.5. The van der Waals surface area contributed by atoms with Crippen molar-refractivity contribution in [2.24, 2.45) is 0 Å². The summed E-state index contributed by atoms with van der Waals surface area (Å²) in [6, 6.07) is 11.8. The molecule has 1 aliphatic rings. The number of hydrogen-bond acceptors (Lipinski definition) is 5. The molecule has 0 aliphatic carbocycles. The van der Waals surface area contributed by atoms with Gasteiger partial charge in [0.05, 0.1) is 12.8 Å². The topological polar surface area (TPSA) is 87.7 Å². The van der Waals surface area contributed by atoms with E-state index < -0.39 is 10.0 Å². The Kier molecular flexibility index (Phi) is 7.20. The van der Waals surface area contributed by atoms with E-state index in [1.165, 1.54) is 0 Å². The molecule has 0 bridgehead atoms. The smallest absolute Gasteiger partial charge is 0.264 e. The molecule has 30 heavy (non-hydrogen) atoms. The minimum Gasteiger partial charge on any atom is -0.497 e. The van der Waals surface area contributed by atoms with Gasteiger partial charge in [-0.1, -0.05) is 6.92 Å². The zero-order chi connectivity index (χ0) is 21.6. The molecule has 1 fully saturated rings. The lowest BCUT2D eigenvalue weighted by Crippen LogP contribution is -2.31. The van der Waals surface area contributed by atoms with Gasteiger partial charge in [0.25, 0.3) is 10.0 Å². The van der Waals surface area contributed by atoms with Crippen LogP contribution in [0.4, 0.5) is 17.1 Å². The number of nitrogens with one attached hydrogen (secondary N) is 2. The molecular weight excluding hydrogens is 402 g/mol. The summed E-state index contributed by atoms with van der Waals surface area (Å²) in [5, 5.41) is 2.80. The normalized spacial score (nSPS) is 14.3. The Morgan fingerprint density at radius 2 is 1.70 bits per heavy atom. The number of anilines is 3. The van der Waals surface area contributed by atoms with Crippen LogP contribution in [0.5, 0.6) is 5.75 Å². The molecule has 2 aromatic rings. The lowest BCUT2D eigenvalue weighted by molar-refractivity contribution is -0.116. The monoisotopic (exact) mass is 431 g/mol. The van der Waals surface area contributed by atoms with Crippen molar-refractivity contribution in [3.05, 3.63) is 42.5 Å². The van der Waals surface area contributed by atoms with Crippen LogP contribution in [0.2, 0.25) is 0 Å². The summed E-state index contributed by atoms with van der Waals surface area (Å²) in [6.07, 6.45) is 4.32. The molecule has 1 aliphatic heterocycles. The van der Waals surface area contributed by atoms with Crippen LogP contribution in [-0.2, 0) is 14.8 Å². The van der Waals surface area contributed by atoms with Gasteiger partial charge in [-0.15, -0.1) is 0 Å². The number of benzene rings is 2. The molecule has 0 radical (unpaired) electrons. The van der Waals surface area contributed by atoms with Gasteiger partial charge in [-0.3, -0.25) is 9.52 Å². The van der Waals surface area contributed by atoms with E-state index in [2.05, 4.69) is 14.9 Å². The van der Waals surface area contributed by atoms with E-state index in [-0.39, 0.29) is 10.8 Å². The highest BCUT2D eigenvalue weighted by atomic mass is 32.2. The lowest BCUT2D eigenvalue weighted by Gasteiger charge is -2.30. The molecule has 2 aromatic carbocycles. The Labute approximate surface area is 178 Å². The van der Waals surface area contributed by atoms with Gasteiger partial charge in [0.2, 0.25) is 5.91 Å². The third-order valence-electron chi connectivity index (χ3n) is 5.05. The van der Waals surface area contributed by atoms with Gasteiger partial charge in [0, 0.05) is 30.9 Å². The average molecular weight is 432 g/mol. The van der Waals surface area contributed by atoms with E-state index >= 15 is 0 Å². The van der Waals surface area contributed by atoms with Gasteiger partial charge in [0.15, 0.2) is 0 Å². The molecule has 2 N–H and O–H groups in total. The molecule has 0 unspecified atom stereocenters. The highest BCUT2D eigenvalue weighted by Gasteiger charge is 2.24. The third-order valence-corrected chi connectivity index (χ3v) is 6.46. The summed E-state index contributed by atoms with van der Waals surface area (Å²) in [6.45, 7) is 3.55. The number of nitrogens with zero attached hydrogens (tertiary/aromatic N) is 1. The Balaban J connectivity index is 1.95. The number of methoxy groups -OCH3 is 1. The maximum absolute atomic E-state index is 13.3. The fourth-order valence-electron chi connectivity index (χ4n) is 3.52. The van der Waals surface area contributed by atoms with Crippen LogP contribution in [0.3, 0.4) is 0 Å². The third kappa shape index (κ3) is 5.44. The van der Waals surface area contributed by atoms with E-state index in [1.54, 1.807) is 49.6 Å². The fraction of sp³-hybridized carbons (Fsp3) is 0.409. The van der Waals surface area contributed by atoms with Gasteiger partial charge in [0.1, 0.15) is 10.6 Å². The number of rotatable bonds is 8. The van der Waals surface area contributed by atoms with Gasteiger partial charge < -0.3 is 15.0 Å². The van der Waals surface area contributed by atoms with Crippen LogP contribution in [0.15, 0.2) is 47.4 Å². The number of hydrogen-bond donors (Lipinski definition) is 2. The molecule has 1 saturated heterocycles. The molecule has 1 heterocycles. The summed E-state index contributed by atoms with van der Waals surface area (Å²) in [7, 11) is -2.31. The largest absolute Gasteiger partial charge is 0.497 e. The average Bonchev–Trinajstić information content (AvgIpc) is 2.75. The molecular formula is C22H29N3O4S. The summed E-state index contributed by atoms with van der Waals surface area (Å²) in [5.74, 6) is 0.516. The minimum atomic E-state index is -3.87. The molecule has 7 nitrogen and oxygen atoms in total. The van der Waals surface area contributed by atoms with Gasteiger partial charge >= 0.3 is 0 Å². The Morgan fingerprint density at radius 1 is 1.03 bits per heavy atom. The quantitative estimate of drug-likeness (QED) is 0.653. The number of sulfonamides is 1. The van der Waals surface area contributed by atoms with E-state index in [0.717, 1.165) is 38.8 Å². The predicted molar refractivity (Wildman–Crippen MR) is 120 cm³/mol. The van der Waals surface area contributed by atoms with Crippen LogP contribution < -0.4 is 19.7 Å². The van der Waals surface area contributed by atoms with Crippen LogP contribution in [0.1, 0.15) is 39.0 Å². The standard InChI is InChI=1S/C22H29N3O4S/c1-3-7-22(26)23-18-10-13-20(25-14-5-4-6-15-25)21(16-18)30(27,28)24-17-8-11-19(29-2)12-9-17/h8-13,16,24H,3-7,14-15H2,1-2H3,(H,23,26). The van der Waals surface area contributed by atoms with E-state index in [1.807, 2.05) is 6.92 Å². The first-order valence-corrected chi connectivity index (χ1v) is 11.8. The highest BCUT2D eigenvalue weighted by Crippen LogP contribution is 2.32. The second kappa shape index (κ2) is 9.84. The van der Waals surface area contributed by atoms with Crippen molar-refractivity contribution in [3.8, 4) is 5.75 Å². The summed E-state index contributed by atoms with van der Waals surface area (Å²) in [5.41, 5.74) is 1.58. The summed E-state index contributed by atoms with van der Waals surface area (Å²) < 4.78 is 34.4. The van der Waals surface area contributed by atoms with E-state index in [9.17, 15) is 13.2 Å². The number of piperidine rings is 1. The van der Waals surface area contributed by atoms with Crippen LogP contribution in [0.25, 0.3) is 0 Å². The highest BCUT2D eigenvalue weighted by molar-refractivity contribution is 7.92. The maximum atomic E-state index is 13.3. The van der Waals surface area contributed by atoms with E-state index in [4.69, 9.17) is 4.74 Å². The molecule has 8 heteroatoms. The zero-order valence-corrected chi connectivity index (χ0v) is 18.3. The van der Waals surface area contributed by atoms with Crippen LogP contribution in [-0.4, -0.2) is 34.5 Å². The molecule has 0 saturated carbocycles. The van der Waals surface area contributed by atoms with Crippen molar-refractivity contribution in [1.29, 1.82) is 0 Å². The van der Waals surface area contributed by atoms with Gasteiger partial charge in [-0.25, -0.2) is 8.42 Å². The lowest BCUT2D eigenvalue weighted by atomic mass is 10.1. The predicted octanol–water partition coefficient (Wildman–Crippen LogP) is 4.22. The second-order valence-corrected chi connectivity index (χ2v) is 9.01. The Morgan fingerprint density at radius 3 is 2.33 bits per heavy atom. The molecule has 0 aromatic heterocycles. The molecule has 1 amide bonds. The SMILES string of the molecule is CCCC(=O)Nc1ccc(N2CCCCC2)c(S(=O)(=O)Nc2ccc(OC)cc2)c1. The Hall–Kier alpha value is -2.74. The van der Waals surface area contributed by atoms with Gasteiger partial charge in [-0.05, 0) is 68.1 Å². The van der Waals surface area contributed by atoms with Crippen LogP contribution in [0, 0.1) is 0 Å². The first-order valence-electron chi connectivity index (χ1n) is 10.3. The Bertz CT molecular complexity index is 968.